The molecule has 1 aliphatic heterocycles. The first kappa shape index (κ1) is 10.5. The fourth-order valence-corrected chi connectivity index (χ4v) is 2.82. The molecule has 0 amide bonds. The molecule has 0 radical (unpaired) electrons. The maximum atomic E-state index is 12.6. The van der Waals surface area contributed by atoms with Crippen molar-refractivity contribution in [2.24, 2.45) is 4.99 Å². The van der Waals surface area contributed by atoms with E-state index in [0.29, 0.717) is 5.56 Å². The summed E-state index contributed by atoms with van der Waals surface area (Å²) in [6.07, 6.45) is 1.24. The fraction of sp³-hybridized carbons (Fsp3) is 0. The second-order valence-corrected chi connectivity index (χ2v) is 6.00. The summed E-state index contributed by atoms with van der Waals surface area (Å²) in [5.74, 6) is -0.408. The van der Waals surface area contributed by atoms with Crippen LogP contribution in [-0.4, -0.2) is 12.4 Å². The second kappa shape index (κ2) is 3.53. The van der Waals surface area contributed by atoms with E-state index in [9.17, 15) is 12.8 Å². The molecule has 1 heterocycles. The van der Waals surface area contributed by atoms with Crippen LogP contribution in [0.2, 0.25) is 0 Å². The number of hydrogen-bond acceptors (Lipinski definition) is 3. The van der Waals surface area contributed by atoms with Crippen LogP contribution < -0.4 is 0 Å². The van der Waals surface area contributed by atoms with Gasteiger partial charge in [-0.3, -0.25) is 0 Å². The Morgan fingerprint density at radius 3 is 2.27 bits per heavy atom. The number of nitrogens with zero attached hydrogens (tertiary/aromatic N) is 1. The monoisotopic (exact) mass is 289 g/mol. The number of hydrogen-bond donors (Lipinski definition) is 0. The summed E-state index contributed by atoms with van der Waals surface area (Å²) >= 11 is 2.85. The van der Waals surface area contributed by atoms with Gasteiger partial charge in [0.2, 0.25) is 13.8 Å². The zero-order valence-electron chi connectivity index (χ0n) is 7.31. The Hall–Kier alpha value is -1.01. The van der Waals surface area contributed by atoms with Gasteiger partial charge < -0.3 is 0 Å². The number of rotatable bonds is 1. The van der Waals surface area contributed by atoms with Crippen molar-refractivity contribution in [2.75, 3.05) is 0 Å². The number of aliphatic imine (C=N–C) groups is 1. The summed E-state index contributed by atoms with van der Waals surface area (Å²) in [4.78, 5) is 3.74. The Labute approximate surface area is 94.4 Å². The summed E-state index contributed by atoms with van der Waals surface area (Å²) in [6.45, 7) is 0. The third-order valence-corrected chi connectivity index (χ3v) is 4.88. The summed E-state index contributed by atoms with van der Waals surface area (Å²) in [6, 6.07) is 5.22. The quantitative estimate of drug-likeness (QED) is 0.796. The van der Waals surface area contributed by atoms with Crippen molar-refractivity contribution in [2.45, 2.75) is 0 Å². The average Bonchev–Trinajstić information content (AvgIpc) is 2.44. The molecule has 1 aromatic rings. The molecule has 0 aromatic heterocycles. The Morgan fingerprint density at radius 1 is 1.20 bits per heavy atom. The third kappa shape index (κ3) is 1.74. The van der Waals surface area contributed by atoms with Crippen LogP contribution >= 0.6 is 15.9 Å². The van der Waals surface area contributed by atoms with E-state index in [1.165, 1.54) is 30.5 Å². The lowest BCUT2D eigenvalue weighted by atomic mass is 10.2. The van der Waals surface area contributed by atoms with E-state index >= 15 is 0 Å². The van der Waals surface area contributed by atoms with Gasteiger partial charge in [0.15, 0.2) is 0 Å². The SMILES string of the molecule is O=S1(=O)C(c2ccc(F)cc2)=CN=C1Br. The van der Waals surface area contributed by atoms with Crippen molar-refractivity contribution < 1.29 is 12.8 Å². The van der Waals surface area contributed by atoms with Crippen LogP contribution in [0.4, 0.5) is 4.39 Å². The van der Waals surface area contributed by atoms with Crippen LogP contribution in [-0.2, 0) is 9.84 Å². The normalized spacial score (nSPS) is 18.5. The highest BCUT2D eigenvalue weighted by atomic mass is 79.9. The van der Waals surface area contributed by atoms with Gasteiger partial charge in [-0.2, -0.15) is 0 Å². The molecule has 0 atom stereocenters. The van der Waals surface area contributed by atoms with Gasteiger partial charge in [-0.05, 0) is 33.6 Å². The van der Waals surface area contributed by atoms with Crippen molar-refractivity contribution in [1.29, 1.82) is 0 Å². The first-order valence-corrected chi connectivity index (χ1v) is 6.24. The maximum absolute atomic E-state index is 12.6. The van der Waals surface area contributed by atoms with Crippen LogP contribution in [0.5, 0.6) is 0 Å². The van der Waals surface area contributed by atoms with E-state index in [2.05, 4.69) is 20.9 Å². The summed E-state index contributed by atoms with van der Waals surface area (Å²) in [5, 5.41) is 0. The van der Waals surface area contributed by atoms with Gasteiger partial charge >= 0.3 is 0 Å². The number of halogens is 2. The highest BCUT2D eigenvalue weighted by molar-refractivity contribution is 9.22. The molecule has 0 fully saturated rings. The van der Waals surface area contributed by atoms with Gasteiger partial charge in [-0.25, -0.2) is 17.8 Å². The Morgan fingerprint density at radius 2 is 1.80 bits per heavy atom. The largest absolute Gasteiger partial charge is 0.236 e. The molecule has 0 N–H and O–H groups in total. The maximum Gasteiger partial charge on any atom is 0.232 e. The van der Waals surface area contributed by atoms with Gasteiger partial charge in [0, 0.05) is 6.20 Å². The lowest BCUT2D eigenvalue weighted by molar-refractivity contribution is 0.616. The first-order chi connectivity index (χ1) is 7.01. The molecule has 15 heavy (non-hydrogen) atoms. The highest BCUT2D eigenvalue weighted by Crippen LogP contribution is 2.29. The van der Waals surface area contributed by atoms with E-state index < -0.39 is 15.7 Å². The smallest absolute Gasteiger partial charge is 0.232 e. The zero-order valence-corrected chi connectivity index (χ0v) is 9.72. The third-order valence-electron chi connectivity index (χ3n) is 1.92. The number of benzene rings is 1. The molecule has 3 nitrogen and oxygen atoms in total. The summed E-state index contributed by atoms with van der Waals surface area (Å²) in [7, 11) is -3.53. The molecular weight excluding hydrogens is 285 g/mol. The molecule has 0 bridgehead atoms. The van der Waals surface area contributed by atoms with Gasteiger partial charge in [0.05, 0.1) is 4.91 Å². The van der Waals surface area contributed by atoms with Crippen LogP contribution in [0.3, 0.4) is 0 Å². The fourth-order valence-electron chi connectivity index (χ4n) is 1.18. The van der Waals surface area contributed by atoms with Gasteiger partial charge in [-0.15, -0.1) is 0 Å². The lowest BCUT2D eigenvalue weighted by Gasteiger charge is -2.01. The van der Waals surface area contributed by atoms with Gasteiger partial charge in [-0.1, -0.05) is 12.1 Å². The predicted octanol–water partition coefficient (Wildman–Crippen LogP) is 2.30. The highest BCUT2D eigenvalue weighted by Gasteiger charge is 2.28. The molecule has 2 rings (SSSR count). The van der Waals surface area contributed by atoms with Crippen LogP contribution in [0, 0.1) is 5.82 Å². The minimum atomic E-state index is -3.53. The van der Waals surface area contributed by atoms with Crippen LogP contribution in [0.25, 0.3) is 4.91 Å². The molecule has 6 heteroatoms. The lowest BCUT2D eigenvalue weighted by Crippen LogP contribution is -2.05. The van der Waals surface area contributed by atoms with Gasteiger partial charge in [0.1, 0.15) is 5.82 Å². The van der Waals surface area contributed by atoms with E-state index in [1.54, 1.807) is 0 Å². The molecule has 1 aliphatic rings. The topological polar surface area (TPSA) is 46.5 Å². The molecule has 1 aromatic carbocycles. The molecule has 0 unspecified atom stereocenters. The second-order valence-electron chi connectivity index (χ2n) is 2.89. The van der Waals surface area contributed by atoms with Crippen molar-refractivity contribution in [1.82, 2.24) is 0 Å². The predicted molar refractivity (Wildman–Crippen MR) is 59.7 cm³/mol. The molecule has 78 valence electrons. The van der Waals surface area contributed by atoms with Crippen molar-refractivity contribution in [3.63, 3.8) is 0 Å². The van der Waals surface area contributed by atoms with Crippen molar-refractivity contribution in [3.05, 3.63) is 41.8 Å². The molecule has 0 saturated heterocycles. The van der Waals surface area contributed by atoms with E-state index in [-0.39, 0.29) is 8.86 Å². The van der Waals surface area contributed by atoms with Crippen LogP contribution in [0.15, 0.2) is 35.5 Å². The molecular formula is C9H5BrFNO2S. The van der Waals surface area contributed by atoms with Gasteiger partial charge in [0.25, 0.3) is 0 Å². The first-order valence-electron chi connectivity index (χ1n) is 3.96. The molecule has 0 aliphatic carbocycles. The Kier molecular flexibility index (Phi) is 2.47. The minimum absolute atomic E-state index is 0.0781. The number of sulfone groups is 1. The Balaban J connectivity index is 2.49. The van der Waals surface area contributed by atoms with Crippen molar-refractivity contribution >= 4 is 34.6 Å². The summed E-state index contributed by atoms with van der Waals surface area (Å²) < 4.78 is 35.8. The molecule has 0 spiro atoms. The van der Waals surface area contributed by atoms with E-state index in [4.69, 9.17) is 0 Å². The van der Waals surface area contributed by atoms with E-state index in [1.807, 2.05) is 0 Å². The minimum Gasteiger partial charge on any atom is -0.236 e. The van der Waals surface area contributed by atoms with Crippen molar-refractivity contribution in [3.8, 4) is 0 Å². The Bertz CT molecular complexity index is 560. The molecule has 0 saturated carbocycles. The van der Waals surface area contributed by atoms with Crippen LogP contribution in [0.1, 0.15) is 5.56 Å². The zero-order chi connectivity index (χ0) is 11.1. The average molecular weight is 290 g/mol. The standard InChI is InChI=1S/C9H5BrFNO2S/c10-9-12-5-8(15(9,13)14)6-1-3-7(11)4-2-6/h1-5H. The summed E-state index contributed by atoms with van der Waals surface area (Å²) in [5.41, 5.74) is 0.426. The van der Waals surface area contributed by atoms with E-state index in [0.717, 1.165) is 0 Å².